The van der Waals surface area contributed by atoms with Crippen molar-refractivity contribution < 1.29 is 9.60 Å². The van der Waals surface area contributed by atoms with Gasteiger partial charge in [0.25, 0.3) is 0 Å². The molecule has 0 aromatic rings. The number of halogens is 1. The SMILES string of the molecule is O/N=C(\CF)C1CCCCCC1. The van der Waals surface area contributed by atoms with Crippen LogP contribution in [0.15, 0.2) is 5.16 Å². The fraction of sp³-hybridized carbons (Fsp3) is 0.889. The summed E-state index contributed by atoms with van der Waals surface area (Å²) < 4.78 is 12.3. The average Bonchev–Trinajstić information content (AvgIpc) is 2.35. The quantitative estimate of drug-likeness (QED) is 0.296. The van der Waals surface area contributed by atoms with E-state index in [1.807, 2.05) is 0 Å². The van der Waals surface area contributed by atoms with E-state index < -0.39 is 6.67 Å². The Hall–Kier alpha value is -0.600. The van der Waals surface area contributed by atoms with Gasteiger partial charge in [-0.25, -0.2) is 4.39 Å². The molecule has 0 radical (unpaired) electrons. The molecule has 1 aliphatic rings. The molecule has 1 aliphatic carbocycles. The van der Waals surface area contributed by atoms with Crippen molar-refractivity contribution in [2.75, 3.05) is 6.67 Å². The second-order valence-electron chi connectivity index (χ2n) is 3.41. The van der Waals surface area contributed by atoms with E-state index in [0.717, 1.165) is 25.7 Å². The van der Waals surface area contributed by atoms with Crippen LogP contribution in [0.5, 0.6) is 0 Å². The Morgan fingerprint density at radius 3 is 2.25 bits per heavy atom. The molecule has 0 aliphatic heterocycles. The van der Waals surface area contributed by atoms with Gasteiger partial charge in [-0.05, 0) is 12.8 Å². The summed E-state index contributed by atoms with van der Waals surface area (Å²) in [6.07, 6.45) is 6.74. The van der Waals surface area contributed by atoms with Crippen LogP contribution in [0.2, 0.25) is 0 Å². The number of hydrogen-bond acceptors (Lipinski definition) is 2. The maximum absolute atomic E-state index is 12.3. The maximum Gasteiger partial charge on any atom is 0.131 e. The fourth-order valence-electron chi connectivity index (χ4n) is 1.83. The Bertz CT molecular complexity index is 151. The molecule has 70 valence electrons. The van der Waals surface area contributed by atoms with Crippen molar-refractivity contribution in [1.29, 1.82) is 0 Å². The summed E-state index contributed by atoms with van der Waals surface area (Å²) in [5.74, 6) is 0.197. The van der Waals surface area contributed by atoms with Crippen molar-refractivity contribution in [3.63, 3.8) is 0 Å². The van der Waals surface area contributed by atoms with E-state index in [9.17, 15) is 4.39 Å². The highest BCUT2D eigenvalue weighted by atomic mass is 19.1. The second-order valence-corrected chi connectivity index (χ2v) is 3.41. The van der Waals surface area contributed by atoms with Gasteiger partial charge in [-0.3, -0.25) is 0 Å². The molecule has 0 atom stereocenters. The number of nitrogens with zero attached hydrogens (tertiary/aromatic N) is 1. The zero-order valence-electron chi connectivity index (χ0n) is 7.30. The molecule has 12 heavy (non-hydrogen) atoms. The molecule has 1 rings (SSSR count). The summed E-state index contributed by atoms with van der Waals surface area (Å²) >= 11 is 0. The Balaban J connectivity index is 2.47. The normalized spacial score (nSPS) is 22.2. The number of alkyl halides is 1. The van der Waals surface area contributed by atoms with E-state index in [1.165, 1.54) is 12.8 Å². The zero-order valence-corrected chi connectivity index (χ0v) is 7.30. The Labute approximate surface area is 72.5 Å². The van der Waals surface area contributed by atoms with E-state index in [2.05, 4.69) is 5.16 Å². The maximum atomic E-state index is 12.3. The van der Waals surface area contributed by atoms with Crippen LogP contribution in [-0.4, -0.2) is 17.6 Å². The van der Waals surface area contributed by atoms with Crippen molar-refractivity contribution in [3.8, 4) is 0 Å². The first kappa shape index (κ1) is 9.49. The molecule has 1 N–H and O–H groups in total. The number of rotatable bonds is 2. The van der Waals surface area contributed by atoms with Gasteiger partial charge in [0.2, 0.25) is 0 Å². The van der Waals surface area contributed by atoms with Crippen LogP contribution in [0.3, 0.4) is 0 Å². The van der Waals surface area contributed by atoms with E-state index in [1.54, 1.807) is 0 Å². The lowest BCUT2D eigenvalue weighted by atomic mass is 9.95. The van der Waals surface area contributed by atoms with Crippen molar-refractivity contribution in [1.82, 2.24) is 0 Å². The highest BCUT2D eigenvalue weighted by Gasteiger charge is 2.18. The molecule has 1 saturated carbocycles. The third kappa shape index (κ3) is 2.47. The molecule has 0 heterocycles. The lowest BCUT2D eigenvalue weighted by Crippen LogP contribution is -2.15. The summed E-state index contributed by atoms with van der Waals surface area (Å²) in [4.78, 5) is 0. The Morgan fingerprint density at radius 2 is 1.83 bits per heavy atom. The van der Waals surface area contributed by atoms with E-state index in [-0.39, 0.29) is 5.92 Å². The monoisotopic (exact) mass is 173 g/mol. The molecular weight excluding hydrogens is 157 g/mol. The van der Waals surface area contributed by atoms with Crippen LogP contribution in [0.1, 0.15) is 38.5 Å². The van der Waals surface area contributed by atoms with Gasteiger partial charge < -0.3 is 5.21 Å². The Kier molecular flexibility index (Phi) is 4.05. The first-order valence-corrected chi connectivity index (χ1v) is 4.65. The molecule has 3 heteroatoms. The van der Waals surface area contributed by atoms with Crippen molar-refractivity contribution in [3.05, 3.63) is 0 Å². The third-order valence-corrected chi connectivity index (χ3v) is 2.59. The van der Waals surface area contributed by atoms with Crippen molar-refractivity contribution in [2.24, 2.45) is 11.1 Å². The van der Waals surface area contributed by atoms with Gasteiger partial charge in [-0.1, -0.05) is 30.8 Å². The van der Waals surface area contributed by atoms with Crippen LogP contribution < -0.4 is 0 Å². The topological polar surface area (TPSA) is 32.6 Å². The summed E-state index contributed by atoms with van der Waals surface area (Å²) in [6.45, 7) is -0.596. The first-order chi connectivity index (χ1) is 5.88. The molecule has 0 spiro atoms. The number of oxime groups is 1. The average molecular weight is 173 g/mol. The predicted molar refractivity (Wildman–Crippen MR) is 46.4 cm³/mol. The van der Waals surface area contributed by atoms with Gasteiger partial charge in [0, 0.05) is 5.92 Å². The number of hydrogen-bond donors (Lipinski definition) is 1. The smallest absolute Gasteiger partial charge is 0.131 e. The molecule has 0 aromatic heterocycles. The fourth-order valence-corrected chi connectivity index (χ4v) is 1.83. The summed E-state index contributed by atoms with van der Waals surface area (Å²) in [5.41, 5.74) is 0.344. The lowest BCUT2D eigenvalue weighted by Gasteiger charge is -2.12. The molecule has 0 amide bonds. The molecule has 1 fully saturated rings. The third-order valence-electron chi connectivity index (χ3n) is 2.59. The first-order valence-electron chi connectivity index (χ1n) is 4.65. The minimum Gasteiger partial charge on any atom is -0.411 e. The molecule has 0 saturated heterocycles. The summed E-state index contributed by atoms with van der Waals surface area (Å²) in [5, 5.41) is 11.5. The predicted octanol–water partition coefficient (Wildman–Crippen LogP) is 2.76. The molecule has 0 unspecified atom stereocenters. The van der Waals surface area contributed by atoms with Crippen LogP contribution in [0.25, 0.3) is 0 Å². The zero-order chi connectivity index (χ0) is 8.81. The minimum atomic E-state index is -0.596. The Morgan fingerprint density at radius 1 is 1.25 bits per heavy atom. The van der Waals surface area contributed by atoms with Gasteiger partial charge in [0.05, 0.1) is 5.71 Å². The van der Waals surface area contributed by atoms with Crippen LogP contribution in [-0.2, 0) is 0 Å². The van der Waals surface area contributed by atoms with E-state index >= 15 is 0 Å². The largest absolute Gasteiger partial charge is 0.411 e. The van der Waals surface area contributed by atoms with Crippen molar-refractivity contribution in [2.45, 2.75) is 38.5 Å². The van der Waals surface area contributed by atoms with E-state index in [4.69, 9.17) is 5.21 Å². The lowest BCUT2D eigenvalue weighted by molar-refractivity contribution is 0.309. The van der Waals surface area contributed by atoms with Crippen LogP contribution >= 0.6 is 0 Å². The molecular formula is C9H16FNO. The van der Waals surface area contributed by atoms with Gasteiger partial charge in [0.1, 0.15) is 6.67 Å². The van der Waals surface area contributed by atoms with Gasteiger partial charge >= 0.3 is 0 Å². The standard InChI is InChI=1S/C9H16FNO/c10-7-9(11-12)8-5-3-1-2-4-6-8/h8,12H,1-7H2/b11-9+. The van der Waals surface area contributed by atoms with E-state index in [0.29, 0.717) is 5.71 Å². The minimum absolute atomic E-state index is 0.197. The highest BCUT2D eigenvalue weighted by molar-refractivity contribution is 5.87. The van der Waals surface area contributed by atoms with Gasteiger partial charge in [-0.15, -0.1) is 0 Å². The molecule has 0 aromatic carbocycles. The van der Waals surface area contributed by atoms with Gasteiger partial charge in [0.15, 0.2) is 0 Å². The second kappa shape index (κ2) is 5.12. The summed E-state index contributed by atoms with van der Waals surface area (Å²) in [7, 11) is 0. The summed E-state index contributed by atoms with van der Waals surface area (Å²) in [6, 6.07) is 0. The molecule has 0 bridgehead atoms. The van der Waals surface area contributed by atoms with Gasteiger partial charge in [-0.2, -0.15) is 0 Å². The highest BCUT2D eigenvalue weighted by Crippen LogP contribution is 2.24. The molecule has 2 nitrogen and oxygen atoms in total. The van der Waals surface area contributed by atoms with Crippen LogP contribution in [0.4, 0.5) is 4.39 Å². The van der Waals surface area contributed by atoms with Crippen LogP contribution in [0, 0.1) is 5.92 Å². The van der Waals surface area contributed by atoms with Crippen molar-refractivity contribution >= 4 is 5.71 Å².